The fraction of sp³-hybridized carbons (Fsp3) is 0.750. The van der Waals surface area contributed by atoms with E-state index in [1.807, 2.05) is 6.92 Å². The highest BCUT2D eigenvalue weighted by Gasteiger charge is 2.03. The Morgan fingerprint density at radius 3 is 1.92 bits per heavy atom. The molecule has 0 fully saturated rings. The number of hydrogen-bond donors (Lipinski definition) is 0. The van der Waals surface area contributed by atoms with Crippen LogP contribution in [0.5, 0.6) is 0 Å². The van der Waals surface area contributed by atoms with Crippen molar-refractivity contribution in [2.24, 2.45) is 11.8 Å². The van der Waals surface area contributed by atoms with E-state index in [1.165, 1.54) is 5.57 Å². The van der Waals surface area contributed by atoms with Crippen molar-refractivity contribution in [2.75, 3.05) is 0 Å². The van der Waals surface area contributed by atoms with Gasteiger partial charge in [-0.05, 0) is 31.3 Å². The summed E-state index contributed by atoms with van der Waals surface area (Å²) in [6.45, 7) is 10.5. The molecule has 0 aromatic rings. The maximum Gasteiger partial charge on any atom is 0.155 e. The van der Waals surface area contributed by atoms with Crippen molar-refractivity contribution < 1.29 is 4.79 Å². The van der Waals surface area contributed by atoms with Gasteiger partial charge in [-0.1, -0.05) is 33.3 Å². The first kappa shape index (κ1) is 12.4. The third kappa shape index (κ3) is 7.76. The van der Waals surface area contributed by atoms with Gasteiger partial charge in [0, 0.05) is 6.42 Å². The third-order valence-electron chi connectivity index (χ3n) is 1.75. The van der Waals surface area contributed by atoms with Crippen LogP contribution in [0.15, 0.2) is 11.6 Å². The zero-order valence-electron chi connectivity index (χ0n) is 9.55. The number of rotatable bonds is 5. The molecule has 0 heterocycles. The lowest BCUT2D eigenvalue weighted by Crippen LogP contribution is -2.00. The predicted octanol–water partition coefficient (Wildman–Crippen LogP) is 3.59. The van der Waals surface area contributed by atoms with Gasteiger partial charge in [0.2, 0.25) is 0 Å². The van der Waals surface area contributed by atoms with Gasteiger partial charge in [-0.3, -0.25) is 4.79 Å². The van der Waals surface area contributed by atoms with Gasteiger partial charge in [0.05, 0.1) is 0 Å². The minimum absolute atomic E-state index is 0.271. The van der Waals surface area contributed by atoms with Crippen LogP contribution in [0.25, 0.3) is 0 Å². The number of allylic oxidation sites excluding steroid dienone is 2. The van der Waals surface area contributed by atoms with Crippen LogP contribution in [0, 0.1) is 11.8 Å². The fourth-order valence-corrected chi connectivity index (χ4v) is 1.44. The minimum atomic E-state index is 0.271. The van der Waals surface area contributed by atoms with Crippen LogP contribution in [-0.2, 0) is 4.79 Å². The van der Waals surface area contributed by atoms with Crippen molar-refractivity contribution in [3.05, 3.63) is 11.6 Å². The molecule has 0 aromatic carbocycles. The molecule has 0 aromatic heterocycles. The number of carbonyl (C=O) groups excluding carboxylic acids is 1. The van der Waals surface area contributed by atoms with Crippen molar-refractivity contribution in [1.29, 1.82) is 0 Å². The molecule has 0 aliphatic heterocycles. The van der Waals surface area contributed by atoms with E-state index in [2.05, 4.69) is 27.7 Å². The molecule has 1 nitrogen and oxygen atoms in total. The first-order valence-electron chi connectivity index (χ1n) is 5.11. The highest BCUT2D eigenvalue weighted by atomic mass is 16.1. The molecule has 0 rings (SSSR count). The minimum Gasteiger partial charge on any atom is -0.295 e. The SMILES string of the molecule is C/C(=C\C(=O)CC(C)C)CC(C)C. The van der Waals surface area contributed by atoms with Crippen LogP contribution in [0.1, 0.15) is 47.5 Å². The Morgan fingerprint density at radius 1 is 1.08 bits per heavy atom. The maximum atomic E-state index is 11.4. The number of ketones is 1. The average Bonchev–Trinajstić information content (AvgIpc) is 1.80. The Morgan fingerprint density at radius 2 is 1.54 bits per heavy atom. The second kappa shape index (κ2) is 5.95. The molecule has 0 saturated carbocycles. The molecule has 1 heteroatoms. The summed E-state index contributed by atoms with van der Waals surface area (Å²) in [6.07, 6.45) is 3.51. The van der Waals surface area contributed by atoms with Gasteiger partial charge in [-0.15, -0.1) is 0 Å². The smallest absolute Gasteiger partial charge is 0.155 e. The lowest BCUT2D eigenvalue weighted by molar-refractivity contribution is -0.115. The lowest BCUT2D eigenvalue weighted by atomic mass is 10.0. The van der Waals surface area contributed by atoms with E-state index >= 15 is 0 Å². The summed E-state index contributed by atoms with van der Waals surface area (Å²) in [6, 6.07) is 0. The Balaban J connectivity index is 3.99. The monoisotopic (exact) mass is 182 g/mol. The molecular formula is C12H22O. The van der Waals surface area contributed by atoms with Crippen LogP contribution in [0.4, 0.5) is 0 Å². The first-order valence-corrected chi connectivity index (χ1v) is 5.11. The van der Waals surface area contributed by atoms with Gasteiger partial charge >= 0.3 is 0 Å². The molecule has 0 N–H and O–H groups in total. The first-order chi connectivity index (χ1) is 5.91. The molecule has 76 valence electrons. The van der Waals surface area contributed by atoms with Gasteiger partial charge in [-0.2, -0.15) is 0 Å². The van der Waals surface area contributed by atoms with Crippen molar-refractivity contribution in [3.8, 4) is 0 Å². The second-order valence-corrected chi connectivity index (χ2v) is 4.65. The van der Waals surface area contributed by atoms with Gasteiger partial charge in [-0.25, -0.2) is 0 Å². The standard InChI is InChI=1S/C12H22O/c1-9(2)6-11(5)8-12(13)7-10(3)4/h8-10H,6-7H2,1-5H3/b11-8+. The van der Waals surface area contributed by atoms with Crippen LogP contribution >= 0.6 is 0 Å². The predicted molar refractivity (Wildman–Crippen MR) is 57.7 cm³/mol. The molecule has 0 saturated heterocycles. The summed E-state index contributed by atoms with van der Waals surface area (Å²) < 4.78 is 0. The Hall–Kier alpha value is -0.590. The van der Waals surface area contributed by atoms with Crippen LogP contribution < -0.4 is 0 Å². The van der Waals surface area contributed by atoms with E-state index in [9.17, 15) is 4.79 Å². The molecule has 0 amide bonds. The van der Waals surface area contributed by atoms with Crippen LogP contribution in [0.2, 0.25) is 0 Å². The summed E-state index contributed by atoms with van der Waals surface area (Å²) in [5.74, 6) is 1.38. The van der Waals surface area contributed by atoms with Gasteiger partial charge in [0.25, 0.3) is 0 Å². The molecule has 0 aliphatic carbocycles. The number of hydrogen-bond acceptors (Lipinski definition) is 1. The normalized spacial score (nSPS) is 12.7. The van der Waals surface area contributed by atoms with E-state index in [1.54, 1.807) is 6.08 Å². The molecule has 0 unspecified atom stereocenters. The molecule has 13 heavy (non-hydrogen) atoms. The zero-order chi connectivity index (χ0) is 10.4. The molecule has 0 atom stereocenters. The van der Waals surface area contributed by atoms with Gasteiger partial charge < -0.3 is 0 Å². The second-order valence-electron chi connectivity index (χ2n) is 4.65. The highest BCUT2D eigenvalue weighted by molar-refractivity contribution is 5.90. The Kier molecular flexibility index (Phi) is 5.68. The van der Waals surface area contributed by atoms with E-state index in [0.29, 0.717) is 18.3 Å². The molecule has 0 spiro atoms. The third-order valence-corrected chi connectivity index (χ3v) is 1.75. The van der Waals surface area contributed by atoms with Gasteiger partial charge in [0.1, 0.15) is 0 Å². The summed E-state index contributed by atoms with van der Waals surface area (Å²) in [5, 5.41) is 0. The molecule has 0 bridgehead atoms. The molecular weight excluding hydrogens is 160 g/mol. The van der Waals surface area contributed by atoms with E-state index in [0.717, 1.165) is 6.42 Å². The largest absolute Gasteiger partial charge is 0.295 e. The molecule has 0 aliphatic rings. The maximum absolute atomic E-state index is 11.4. The Labute approximate surface area is 82.2 Å². The van der Waals surface area contributed by atoms with Crippen molar-refractivity contribution >= 4 is 5.78 Å². The number of carbonyl (C=O) groups is 1. The van der Waals surface area contributed by atoms with Crippen molar-refractivity contribution in [1.82, 2.24) is 0 Å². The van der Waals surface area contributed by atoms with Crippen LogP contribution in [-0.4, -0.2) is 5.78 Å². The van der Waals surface area contributed by atoms with Crippen molar-refractivity contribution in [3.63, 3.8) is 0 Å². The highest BCUT2D eigenvalue weighted by Crippen LogP contribution is 2.11. The van der Waals surface area contributed by atoms with E-state index in [4.69, 9.17) is 0 Å². The average molecular weight is 182 g/mol. The van der Waals surface area contributed by atoms with Gasteiger partial charge in [0.15, 0.2) is 5.78 Å². The van der Waals surface area contributed by atoms with Crippen LogP contribution in [0.3, 0.4) is 0 Å². The Bertz CT molecular complexity index is 187. The fourth-order valence-electron chi connectivity index (χ4n) is 1.44. The summed E-state index contributed by atoms with van der Waals surface area (Å²) in [4.78, 5) is 11.4. The van der Waals surface area contributed by atoms with Crippen molar-refractivity contribution in [2.45, 2.75) is 47.5 Å². The zero-order valence-corrected chi connectivity index (χ0v) is 9.55. The topological polar surface area (TPSA) is 17.1 Å². The summed E-state index contributed by atoms with van der Waals surface area (Å²) in [7, 11) is 0. The lowest BCUT2D eigenvalue weighted by Gasteiger charge is -2.05. The van der Waals surface area contributed by atoms with E-state index in [-0.39, 0.29) is 5.78 Å². The summed E-state index contributed by atoms with van der Waals surface area (Å²) in [5.41, 5.74) is 1.21. The quantitative estimate of drug-likeness (QED) is 0.594. The summed E-state index contributed by atoms with van der Waals surface area (Å²) >= 11 is 0. The molecule has 0 radical (unpaired) electrons. The van der Waals surface area contributed by atoms with E-state index < -0.39 is 0 Å².